The summed E-state index contributed by atoms with van der Waals surface area (Å²) in [5.74, 6) is -0.938. The lowest BCUT2D eigenvalue weighted by atomic mass is 9.96. The SMILES string of the molecule is O=C(NC1CCCCC1)N[C@H](CC(Br)Br)C(=O)NCCCCNS(=O)(=O)c1ccc(F)cc1Cl. The van der Waals surface area contributed by atoms with Gasteiger partial charge in [0.25, 0.3) is 0 Å². The Morgan fingerprint density at radius 1 is 1.12 bits per heavy atom. The van der Waals surface area contributed by atoms with Gasteiger partial charge in [0.15, 0.2) is 0 Å². The zero-order valence-electron chi connectivity index (χ0n) is 18.6. The van der Waals surface area contributed by atoms with Crippen molar-refractivity contribution in [1.29, 1.82) is 0 Å². The molecule has 2 rings (SSSR count). The van der Waals surface area contributed by atoms with Gasteiger partial charge in [0.1, 0.15) is 16.8 Å². The molecule has 1 aliphatic rings. The van der Waals surface area contributed by atoms with E-state index in [4.69, 9.17) is 11.6 Å². The molecular weight excluding hydrogens is 619 g/mol. The van der Waals surface area contributed by atoms with E-state index in [1.165, 1.54) is 6.42 Å². The molecule has 1 atom stereocenters. The van der Waals surface area contributed by atoms with Crippen LogP contribution in [0.25, 0.3) is 0 Å². The number of carbonyl (C=O) groups is 2. The molecular formula is C21H30Br2ClFN4O4S. The van der Waals surface area contributed by atoms with Crippen molar-refractivity contribution in [3.8, 4) is 0 Å². The summed E-state index contributed by atoms with van der Waals surface area (Å²) < 4.78 is 40.0. The largest absolute Gasteiger partial charge is 0.354 e. The van der Waals surface area contributed by atoms with Crippen molar-refractivity contribution in [2.75, 3.05) is 13.1 Å². The van der Waals surface area contributed by atoms with E-state index < -0.39 is 21.9 Å². The lowest BCUT2D eigenvalue weighted by molar-refractivity contribution is -0.123. The molecule has 1 aliphatic carbocycles. The van der Waals surface area contributed by atoms with Crippen LogP contribution in [0.3, 0.4) is 0 Å². The summed E-state index contributed by atoms with van der Waals surface area (Å²) >= 11 is 12.5. The summed E-state index contributed by atoms with van der Waals surface area (Å²) in [5, 5.41) is 8.27. The number of unbranched alkanes of at least 4 members (excludes halogenated alkanes) is 1. The van der Waals surface area contributed by atoms with Crippen molar-refractivity contribution < 1.29 is 22.4 Å². The number of hydrogen-bond acceptors (Lipinski definition) is 4. The Balaban J connectivity index is 1.73. The second-order valence-corrected chi connectivity index (χ2v) is 13.7. The Morgan fingerprint density at radius 2 is 1.79 bits per heavy atom. The fraction of sp³-hybridized carbons (Fsp3) is 0.619. The second kappa shape index (κ2) is 14.6. The average Bonchev–Trinajstić information content (AvgIpc) is 2.75. The summed E-state index contributed by atoms with van der Waals surface area (Å²) in [4.78, 5) is 24.8. The quantitative estimate of drug-likeness (QED) is 0.201. The molecule has 8 nitrogen and oxygen atoms in total. The first-order valence-electron chi connectivity index (χ1n) is 11.2. The lowest BCUT2D eigenvalue weighted by Gasteiger charge is -2.25. The highest BCUT2D eigenvalue weighted by Crippen LogP contribution is 2.22. The van der Waals surface area contributed by atoms with Gasteiger partial charge in [-0.05, 0) is 50.3 Å². The van der Waals surface area contributed by atoms with Gasteiger partial charge in [-0.1, -0.05) is 62.7 Å². The molecule has 0 bridgehead atoms. The van der Waals surface area contributed by atoms with Crippen molar-refractivity contribution in [2.24, 2.45) is 0 Å². The molecule has 3 amide bonds. The van der Waals surface area contributed by atoms with E-state index in [1.54, 1.807) is 0 Å². The van der Waals surface area contributed by atoms with Crippen LogP contribution in [0.1, 0.15) is 51.4 Å². The van der Waals surface area contributed by atoms with E-state index in [0.717, 1.165) is 43.9 Å². The molecule has 192 valence electrons. The third-order valence-electron chi connectivity index (χ3n) is 5.35. The Bertz CT molecular complexity index is 933. The second-order valence-electron chi connectivity index (χ2n) is 8.10. The summed E-state index contributed by atoms with van der Waals surface area (Å²) in [6.45, 7) is 0.442. The summed E-state index contributed by atoms with van der Waals surface area (Å²) in [6, 6.07) is 2.12. The van der Waals surface area contributed by atoms with Crippen LogP contribution in [0, 0.1) is 5.82 Å². The van der Waals surface area contributed by atoms with E-state index in [2.05, 4.69) is 52.5 Å². The third-order valence-corrected chi connectivity index (χ3v) is 8.05. The predicted molar refractivity (Wildman–Crippen MR) is 137 cm³/mol. The van der Waals surface area contributed by atoms with Gasteiger partial charge in [0.2, 0.25) is 15.9 Å². The van der Waals surface area contributed by atoms with Gasteiger partial charge in [-0.2, -0.15) is 0 Å². The fourth-order valence-corrected chi connectivity index (χ4v) is 5.96. The zero-order valence-corrected chi connectivity index (χ0v) is 23.3. The molecule has 0 aromatic heterocycles. The molecule has 0 radical (unpaired) electrons. The number of nitrogens with one attached hydrogen (secondary N) is 4. The van der Waals surface area contributed by atoms with E-state index in [9.17, 15) is 22.4 Å². The van der Waals surface area contributed by atoms with Gasteiger partial charge >= 0.3 is 6.03 Å². The third kappa shape index (κ3) is 10.3. The van der Waals surface area contributed by atoms with E-state index >= 15 is 0 Å². The minimum absolute atomic E-state index is 0.127. The van der Waals surface area contributed by atoms with Crippen molar-refractivity contribution >= 4 is 65.4 Å². The molecule has 0 aliphatic heterocycles. The summed E-state index contributed by atoms with van der Waals surface area (Å²) in [5.41, 5.74) is 0. The van der Waals surface area contributed by atoms with Crippen LogP contribution >= 0.6 is 43.5 Å². The topological polar surface area (TPSA) is 116 Å². The van der Waals surface area contributed by atoms with Crippen molar-refractivity contribution in [1.82, 2.24) is 20.7 Å². The first-order valence-corrected chi connectivity index (χ1v) is 14.9. The van der Waals surface area contributed by atoms with Crippen molar-refractivity contribution in [2.45, 2.75) is 72.1 Å². The van der Waals surface area contributed by atoms with Gasteiger partial charge in [0, 0.05) is 19.1 Å². The van der Waals surface area contributed by atoms with Crippen LogP contribution in [-0.2, 0) is 14.8 Å². The summed E-state index contributed by atoms with van der Waals surface area (Å²) in [6.07, 6.45) is 6.57. The molecule has 0 unspecified atom stereocenters. The first-order chi connectivity index (χ1) is 16.1. The molecule has 1 aromatic rings. The maximum Gasteiger partial charge on any atom is 0.315 e. The van der Waals surface area contributed by atoms with Gasteiger partial charge in [-0.25, -0.2) is 22.3 Å². The highest BCUT2D eigenvalue weighted by atomic mass is 79.9. The number of rotatable bonds is 12. The van der Waals surface area contributed by atoms with Gasteiger partial charge in [0.05, 0.1) is 8.76 Å². The minimum Gasteiger partial charge on any atom is -0.354 e. The smallest absolute Gasteiger partial charge is 0.315 e. The molecule has 34 heavy (non-hydrogen) atoms. The van der Waals surface area contributed by atoms with E-state index in [-0.39, 0.29) is 38.2 Å². The van der Waals surface area contributed by atoms with Gasteiger partial charge < -0.3 is 16.0 Å². The zero-order chi connectivity index (χ0) is 25.1. The number of hydrogen-bond donors (Lipinski definition) is 4. The average molecular weight is 649 g/mol. The minimum atomic E-state index is -3.86. The molecule has 4 N–H and O–H groups in total. The number of urea groups is 1. The van der Waals surface area contributed by atoms with Crippen LogP contribution in [0.2, 0.25) is 5.02 Å². The lowest BCUT2D eigenvalue weighted by Crippen LogP contribution is -2.52. The van der Waals surface area contributed by atoms with Crippen LogP contribution in [0.15, 0.2) is 23.1 Å². The number of halogens is 4. The van der Waals surface area contributed by atoms with Crippen LogP contribution in [0.5, 0.6) is 0 Å². The standard InChI is InChI=1S/C21H30Br2ClFN4O4S/c22-19(23)13-17(29-21(31)28-15-6-2-1-3-7-15)20(30)26-10-4-5-11-27-34(32,33)18-9-8-14(25)12-16(18)24/h8-9,12,15,17,19,27H,1-7,10-11,13H2,(H,26,30)(H2,28,29,31)/t17-/m1/s1. The fourth-order valence-electron chi connectivity index (χ4n) is 3.60. The van der Waals surface area contributed by atoms with Crippen LogP contribution in [-0.4, -0.2) is 49.3 Å². The monoisotopic (exact) mass is 646 g/mol. The summed E-state index contributed by atoms with van der Waals surface area (Å²) in [7, 11) is -3.86. The first kappa shape index (κ1) is 29.3. The maximum absolute atomic E-state index is 13.1. The van der Waals surface area contributed by atoms with Gasteiger partial charge in [-0.15, -0.1) is 0 Å². The Kier molecular flexibility index (Phi) is 12.5. The van der Waals surface area contributed by atoms with Crippen LogP contribution in [0.4, 0.5) is 9.18 Å². The van der Waals surface area contributed by atoms with Gasteiger partial charge in [-0.3, -0.25) is 4.79 Å². The van der Waals surface area contributed by atoms with Crippen molar-refractivity contribution in [3.63, 3.8) is 0 Å². The van der Waals surface area contributed by atoms with Crippen molar-refractivity contribution in [3.05, 3.63) is 29.0 Å². The molecule has 0 spiro atoms. The molecule has 1 aromatic carbocycles. The molecule has 13 heteroatoms. The number of sulfonamides is 1. The number of alkyl halides is 2. The molecule has 1 saturated carbocycles. The molecule has 0 saturated heterocycles. The molecule has 1 fully saturated rings. The Hall–Kier alpha value is -0.950. The predicted octanol–water partition coefficient (Wildman–Crippen LogP) is 4.16. The Labute approximate surface area is 221 Å². The maximum atomic E-state index is 13.1. The highest BCUT2D eigenvalue weighted by Gasteiger charge is 2.24. The Morgan fingerprint density at radius 3 is 2.44 bits per heavy atom. The highest BCUT2D eigenvalue weighted by molar-refractivity contribution is 9.24. The number of benzene rings is 1. The van der Waals surface area contributed by atoms with E-state index in [0.29, 0.717) is 25.8 Å². The van der Waals surface area contributed by atoms with Crippen LogP contribution < -0.4 is 20.7 Å². The molecule has 0 heterocycles. The number of carbonyl (C=O) groups excluding carboxylic acids is 2. The number of amides is 3. The normalized spacial score (nSPS) is 15.7. The van der Waals surface area contributed by atoms with E-state index in [1.807, 2.05) is 0 Å².